The van der Waals surface area contributed by atoms with E-state index in [1.807, 2.05) is 43.5 Å². The predicted octanol–water partition coefficient (Wildman–Crippen LogP) is 9.49. The molecule has 2 nitrogen and oxygen atoms in total. The summed E-state index contributed by atoms with van der Waals surface area (Å²) in [6, 6.07) is 33.4. The summed E-state index contributed by atoms with van der Waals surface area (Å²) in [5, 5.41) is 6.64. The van der Waals surface area contributed by atoms with E-state index in [0.717, 1.165) is 5.52 Å². The Morgan fingerprint density at radius 1 is 0.676 bits per heavy atom. The number of allylic oxidation sites excluding steroid dienone is 2. The van der Waals surface area contributed by atoms with Gasteiger partial charge in [-0.1, -0.05) is 12.2 Å². The van der Waals surface area contributed by atoms with Crippen LogP contribution in [0, 0.1) is 0 Å². The van der Waals surface area contributed by atoms with E-state index in [4.69, 9.17) is 4.98 Å². The molecule has 0 N–H and O–H groups in total. The summed E-state index contributed by atoms with van der Waals surface area (Å²) < 4.78 is 8.05. The van der Waals surface area contributed by atoms with Crippen molar-refractivity contribution in [3.63, 3.8) is 0 Å². The van der Waals surface area contributed by atoms with E-state index in [9.17, 15) is 0 Å². The summed E-state index contributed by atoms with van der Waals surface area (Å²) in [5.41, 5.74) is 4.78. The van der Waals surface area contributed by atoms with Gasteiger partial charge in [-0.3, -0.25) is 0 Å². The maximum absolute atomic E-state index is 4.85. The van der Waals surface area contributed by atoms with Gasteiger partial charge in [0.15, 0.2) is 0 Å². The van der Waals surface area contributed by atoms with Crippen LogP contribution in [0.25, 0.3) is 67.1 Å². The molecule has 0 aliphatic heterocycles. The number of rotatable bonds is 1. The second-order valence-corrected chi connectivity index (χ2v) is 12.4. The van der Waals surface area contributed by atoms with E-state index in [1.54, 1.807) is 0 Å². The molecule has 0 atom stereocenters. The quantitative estimate of drug-likeness (QED) is 0.145. The first-order valence-electron chi connectivity index (χ1n) is 12.5. The third kappa shape index (κ3) is 3.48. The fourth-order valence-electron chi connectivity index (χ4n) is 5.22. The van der Waals surface area contributed by atoms with E-state index in [-0.39, 0.29) is 14.5 Å². The molecule has 4 heteroatoms. The number of pyridine rings is 1. The van der Waals surface area contributed by atoms with Gasteiger partial charge in [0.1, 0.15) is 0 Å². The van der Waals surface area contributed by atoms with Gasteiger partial charge in [-0.15, -0.1) is 0 Å². The Kier molecular flexibility index (Phi) is 5.48. The van der Waals surface area contributed by atoms with Crippen molar-refractivity contribution >= 4 is 87.2 Å². The molecule has 4 heterocycles. The molecule has 4 aromatic carbocycles. The van der Waals surface area contributed by atoms with Crippen LogP contribution in [0.4, 0.5) is 0 Å². The molecule has 178 valence electrons. The average Bonchev–Trinajstić information content (AvgIpc) is 3.61. The van der Waals surface area contributed by atoms with E-state index in [1.165, 1.54) is 61.6 Å². The molecular weight excluding hydrogens is 535 g/mol. The molecular formula is C33H24N2SSe. The van der Waals surface area contributed by atoms with Crippen molar-refractivity contribution in [2.75, 3.05) is 0 Å². The van der Waals surface area contributed by atoms with Crippen molar-refractivity contribution in [1.82, 2.24) is 9.55 Å². The Morgan fingerprint density at radius 3 is 2.32 bits per heavy atom. The Bertz CT molecular complexity index is 2120. The van der Waals surface area contributed by atoms with Crippen LogP contribution in [0.5, 0.6) is 0 Å². The molecule has 8 rings (SSSR count). The fraction of sp³-hybridized carbons (Fsp3) is 0.0606. The molecule has 0 amide bonds. The second kappa shape index (κ2) is 9.00. The van der Waals surface area contributed by atoms with Gasteiger partial charge in [-0.25, -0.2) is 0 Å². The normalized spacial score (nSPS) is 11.9. The standard InChI is InChI=1S/C29H16N2SSe.C4H8/c1-3-12-25-17(7-1)20-15-21-24(16-26(20)32-25)31(22-11-6-14-30-28(21)22)23-10-5-9-19-18-8-2-4-13-27(18)33-29(19)23;1-3-4-2/h1-16H;3-4H,1-2H3/b;4-3-. The second-order valence-electron chi connectivity index (χ2n) is 9.09. The molecule has 0 fully saturated rings. The van der Waals surface area contributed by atoms with Crippen LogP contribution in [0.3, 0.4) is 0 Å². The number of thiophene rings is 1. The van der Waals surface area contributed by atoms with Crippen molar-refractivity contribution in [2.45, 2.75) is 13.8 Å². The van der Waals surface area contributed by atoms with Crippen LogP contribution >= 0.6 is 11.3 Å². The number of fused-ring (bicyclic) bond motifs is 9. The van der Waals surface area contributed by atoms with Gasteiger partial charge in [0, 0.05) is 0 Å². The van der Waals surface area contributed by atoms with Crippen LogP contribution in [-0.4, -0.2) is 24.1 Å². The Hall–Kier alpha value is -3.69. The monoisotopic (exact) mass is 560 g/mol. The van der Waals surface area contributed by atoms with E-state index in [2.05, 4.69) is 95.6 Å². The summed E-state index contributed by atoms with van der Waals surface area (Å²) >= 11 is 2.16. The number of hydrogen-bond acceptors (Lipinski definition) is 2. The minimum atomic E-state index is 0.287. The molecule has 0 spiro atoms. The van der Waals surface area contributed by atoms with Gasteiger partial charge < -0.3 is 0 Å². The van der Waals surface area contributed by atoms with Gasteiger partial charge in [0.05, 0.1) is 0 Å². The number of aromatic nitrogens is 2. The maximum atomic E-state index is 4.85. The Balaban J connectivity index is 0.000000542. The summed E-state index contributed by atoms with van der Waals surface area (Å²) in [6.45, 7) is 4.00. The summed E-state index contributed by atoms with van der Waals surface area (Å²) in [4.78, 5) is 4.85. The molecule has 4 aromatic heterocycles. The zero-order valence-corrected chi connectivity index (χ0v) is 23.1. The third-order valence-corrected chi connectivity index (χ3v) is 10.6. The van der Waals surface area contributed by atoms with Crippen molar-refractivity contribution in [1.29, 1.82) is 0 Å². The predicted molar refractivity (Wildman–Crippen MR) is 164 cm³/mol. The van der Waals surface area contributed by atoms with Crippen LogP contribution in [0.1, 0.15) is 13.8 Å². The van der Waals surface area contributed by atoms with Gasteiger partial charge in [-0.05, 0) is 13.8 Å². The van der Waals surface area contributed by atoms with Crippen LogP contribution in [-0.2, 0) is 0 Å². The number of hydrogen-bond donors (Lipinski definition) is 0. The van der Waals surface area contributed by atoms with Gasteiger partial charge in [0.2, 0.25) is 0 Å². The Morgan fingerprint density at radius 2 is 1.46 bits per heavy atom. The van der Waals surface area contributed by atoms with Gasteiger partial charge in [-0.2, -0.15) is 0 Å². The fourth-order valence-corrected chi connectivity index (χ4v) is 8.87. The van der Waals surface area contributed by atoms with Crippen LogP contribution in [0.2, 0.25) is 0 Å². The van der Waals surface area contributed by atoms with Crippen LogP contribution < -0.4 is 0 Å². The molecule has 0 aliphatic carbocycles. The number of benzene rings is 4. The molecule has 0 radical (unpaired) electrons. The summed E-state index contributed by atoms with van der Waals surface area (Å²) in [6.07, 6.45) is 5.91. The molecule has 0 unspecified atom stereocenters. The topological polar surface area (TPSA) is 17.8 Å². The van der Waals surface area contributed by atoms with Crippen LogP contribution in [0.15, 0.2) is 109 Å². The first-order valence-corrected chi connectivity index (χ1v) is 15.0. The van der Waals surface area contributed by atoms with Crippen molar-refractivity contribution in [3.05, 3.63) is 109 Å². The SMILES string of the molecule is C/C=C\C.c1ccc2c(c1)sc1cc3c(cc12)c1ncccc1n3-c1cccc2c1[se]c1ccccc12. The average molecular weight is 560 g/mol. The Labute approximate surface area is 224 Å². The summed E-state index contributed by atoms with van der Waals surface area (Å²) in [7, 11) is 0. The molecule has 0 saturated heterocycles. The first-order chi connectivity index (χ1) is 18.3. The molecule has 0 saturated carbocycles. The van der Waals surface area contributed by atoms with Crippen molar-refractivity contribution < 1.29 is 0 Å². The number of nitrogens with zero attached hydrogens (tertiary/aromatic N) is 2. The molecule has 8 aromatic rings. The minimum absolute atomic E-state index is 0.287. The molecule has 0 bridgehead atoms. The van der Waals surface area contributed by atoms with E-state index >= 15 is 0 Å². The van der Waals surface area contributed by atoms with Gasteiger partial charge >= 0.3 is 200 Å². The van der Waals surface area contributed by atoms with E-state index in [0.29, 0.717) is 0 Å². The van der Waals surface area contributed by atoms with E-state index < -0.39 is 0 Å². The summed E-state index contributed by atoms with van der Waals surface area (Å²) in [5.74, 6) is 0. The van der Waals surface area contributed by atoms with Crippen molar-refractivity contribution in [2.24, 2.45) is 0 Å². The molecule has 37 heavy (non-hydrogen) atoms. The zero-order chi connectivity index (χ0) is 24.9. The zero-order valence-electron chi connectivity index (χ0n) is 20.6. The first kappa shape index (κ1) is 22.5. The van der Waals surface area contributed by atoms with Crippen molar-refractivity contribution in [3.8, 4) is 5.69 Å². The van der Waals surface area contributed by atoms with Gasteiger partial charge in [0.25, 0.3) is 0 Å². The third-order valence-electron chi connectivity index (χ3n) is 6.98. The molecule has 0 aliphatic rings.